The van der Waals surface area contributed by atoms with Gasteiger partial charge in [0.25, 0.3) is 0 Å². The SMILES string of the molecule is CNc1ccccc1NC(=O)/C=C/c1ccc(C(NCCN(C)C)C(C)=O)cc1. The van der Waals surface area contributed by atoms with Gasteiger partial charge in [0, 0.05) is 26.2 Å². The molecule has 0 radical (unpaired) electrons. The van der Waals surface area contributed by atoms with Crippen LogP contribution < -0.4 is 16.0 Å². The quantitative estimate of drug-likeness (QED) is 0.540. The molecule has 2 aromatic rings. The molecule has 29 heavy (non-hydrogen) atoms. The Kier molecular flexibility index (Phi) is 8.58. The minimum absolute atomic E-state index is 0.0784. The van der Waals surface area contributed by atoms with Crippen LogP contribution in [-0.4, -0.2) is 50.8 Å². The van der Waals surface area contributed by atoms with Gasteiger partial charge in [-0.25, -0.2) is 0 Å². The molecule has 6 heteroatoms. The fourth-order valence-electron chi connectivity index (χ4n) is 2.88. The Morgan fingerprint density at radius 2 is 1.69 bits per heavy atom. The number of carbonyl (C=O) groups is 2. The summed E-state index contributed by atoms with van der Waals surface area (Å²) in [6.07, 6.45) is 3.25. The summed E-state index contributed by atoms with van der Waals surface area (Å²) < 4.78 is 0. The maximum Gasteiger partial charge on any atom is 0.248 e. The minimum atomic E-state index is -0.325. The number of Topliss-reactive ketones (excluding diaryl/α,β-unsaturated/α-hetero) is 1. The molecule has 0 saturated heterocycles. The van der Waals surface area contributed by atoms with Gasteiger partial charge >= 0.3 is 0 Å². The summed E-state index contributed by atoms with van der Waals surface area (Å²) in [5, 5.41) is 9.20. The van der Waals surface area contributed by atoms with E-state index in [4.69, 9.17) is 0 Å². The van der Waals surface area contributed by atoms with Crippen LogP contribution in [0.15, 0.2) is 54.6 Å². The first kappa shape index (κ1) is 22.3. The number of nitrogens with zero attached hydrogens (tertiary/aromatic N) is 1. The van der Waals surface area contributed by atoms with Crippen molar-refractivity contribution in [3.05, 3.63) is 65.7 Å². The first-order valence-corrected chi connectivity index (χ1v) is 9.65. The van der Waals surface area contributed by atoms with Gasteiger partial charge in [0.05, 0.1) is 17.4 Å². The van der Waals surface area contributed by atoms with Crippen LogP contribution in [0.3, 0.4) is 0 Å². The molecule has 0 spiro atoms. The van der Waals surface area contributed by atoms with E-state index in [9.17, 15) is 9.59 Å². The number of likely N-dealkylation sites (N-methyl/N-ethyl adjacent to an activating group) is 1. The molecule has 0 aromatic heterocycles. The highest BCUT2D eigenvalue weighted by Crippen LogP contribution is 2.20. The van der Waals surface area contributed by atoms with Crippen molar-refractivity contribution < 1.29 is 9.59 Å². The number of anilines is 2. The third kappa shape index (κ3) is 7.18. The van der Waals surface area contributed by atoms with Crippen LogP contribution in [-0.2, 0) is 9.59 Å². The largest absolute Gasteiger partial charge is 0.386 e. The van der Waals surface area contributed by atoms with Crippen LogP contribution in [0.1, 0.15) is 24.1 Å². The number of hydrogen-bond acceptors (Lipinski definition) is 5. The van der Waals surface area contributed by atoms with E-state index in [1.54, 1.807) is 13.0 Å². The fraction of sp³-hybridized carbons (Fsp3) is 0.304. The predicted octanol–water partition coefficient (Wildman–Crippen LogP) is 3.16. The average Bonchev–Trinajstić information content (AvgIpc) is 2.70. The van der Waals surface area contributed by atoms with Gasteiger partial charge in [-0.1, -0.05) is 36.4 Å². The lowest BCUT2D eigenvalue weighted by molar-refractivity contribution is -0.119. The summed E-state index contributed by atoms with van der Waals surface area (Å²) in [5.41, 5.74) is 3.39. The molecule has 2 aromatic carbocycles. The molecule has 3 N–H and O–H groups in total. The Bertz CT molecular complexity index is 844. The maximum absolute atomic E-state index is 12.2. The van der Waals surface area contributed by atoms with E-state index in [0.29, 0.717) is 0 Å². The molecule has 0 aliphatic rings. The Hall–Kier alpha value is -2.96. The van der Waals surface area contributed by atoms with E-state index in [-0.39, 0.29) is 17.7 Å². The number of ketones is 1. The van der Waals surface area contributed by atoms with Crippen molar-refractivity contribution in [2.24, 2.45) is 0 Å². The Balaban J connectivity index is 1.99. The number of rotatable bonds is 10. The molecule has 154 valence electrons. The van der Waals surface area contributed by atoms with Crippen molar-refractivity contribution in [3.8, 4) is 0 Å². The first-order valence-electron chi connectivity index (χ1n) is 9.65. The summed E-state index contributed by atoms with van der Waals surface area (Å²) >= 11 is 0. The van der Waals surface area contributed by atoms with Crippen LogP contribution in [0.4, 0.5) is 11.4 Å². The lowest BCUT2D eigenvalue weighted by atomic mass is 10.0. The number of nitrogens with one attached hydrogen (secondary N) is 3. The molecule has 1 unspecified atom stereocenters. The third-order valence-corrected chi connectivity index (χ3v) is 4.47. The van der Waals surface area contributed by atoms with Crippen molar-refractivity contribution in [2.45, 2.75) is 13.0 Å². The highest BCUT2D eigenvalue weighted by molar-refractivity contribution is 6.03. The van der Waals surface area contributed by atoms with E-state index >= 15 is 0 Å². The molecular formula is C23H30N4O2. The molecule has 0 aliphatic carbocycles. The van der Waals surface area contributed by atoms with Crippen molar-refractivity contribution in [1.29, 1.82) is 0 Å². The summed E-state index contributed by atoms with van der Waals surface area (Å²) in [5.74, 6) is -0.127. The lowest BCUT2D eigenvalue weighted by Gasteiger charge is -2.18. The molecular weight excluding hydrogens is 364 g/mol. The average molecular weight is 395 g/mol. The van der Waals surface area contributed by atoms with E-state index in [0.717, 1.165) is 35.6 Å². The van der Waals surface area contributed by atoms with E-state index in [2.05, 4.69) is 20.9 Å². The number of para-hydroxylation sites is 2. The van der Waals surface area contributed by atoms with Crippen molar-refractivity contribution in [2.75, 3.05) is 44.9 Å². The molecule has 1 amide bonds. The van der Waals surface area contributed by atoms with Gasteiger partial charge in [0.1, 0.15) is 0 Å². The second-order valence-electron chi connectivity index (χ2n) is 7.09. The van der Waals surface area contributed by atoms with Gasteiger partial charge in [-0.05, 0) is 50.4 Å². The van der Waals surface area contributed by atoms with Crippen molar-refractivity contribution >= 4 is 29.1 Å². The summed E-state index contributed by atoms with van der Waals surface area (Å²) in [7, 11) is 5.81. The molecule has 0 bridgehead atoms. The summed E-state index contributed by atoms with van der Waals surface area (Å²) in [6.45, 7) is 3.18. The topological polar surface area (TPSA) is 73.5 Å². The number of carbonyl (C=O) groups excluding carboxylic acids is 2. The maximum atomic E-state index is 12.2. The van der Waals surface area contributed by atoms with Crippen LogP contribution in [0.2, 0.25) is 0 Å². The summed E-state index contributed by atoms with van der Waals surface area (Å²) in [6, 6.07) is 14.8. The molecule has 0 aliphatic heterocycles. The van der Waals surface area contributed by atoms with Crippen LogP contribution in [0.25, 0.3) is 6.08 Å². The Morgan fingerprint density at radius 3 is 2.28 bits per heavy atom. The monoisotopic (exact) mass is 394 g/mol. The van der Waals surface area contributed by atoms with E-state index in [1.165, 1.54) is 6.08 Å². The standard InChI is InChI=1S/C23H30N4O2/c1-17(28)23(25-15-16-27(3)4)19-12-9-18(10-13-19)11-14-22(29)26-21-8-6-5-7-20(21)24-2/h5-14,23-25H,15-16H2,1-4H3,(H,26,29)/b14-11+. The number of benzene rings is 2. The van der Waals surface area contributed by atoms with Gasteiger partial charge in [-0.2, -0.15) is 0 Å². The molecule has 0 heterocycles. The van der Waals surface area contributed by atoms with Gasteiger partial charge < -0.3 is 20.9 Å². The third-order valence-electron chi connectivity index (χ3n) is 4.47. The van der Waals surface area contributed by atoms with E-state index < -0.39 is 0 Å². The van der Waals surface area contributed by atoms with Crippen LogP contribution in [0, 0.1) is 0 Å². The minimum Gasteiger partial charge on any atom is -0.386 e. The highest BCUT2D eigenvalue weighted by Gasteiger charge is 2.15. The normalized spacial score (nSPS) is 12.2. The van der Waals surface area contributed by atoms with Gasteiger partial charge in [0.15, 0.2) is 5.78 Å². The van der Waals surface area contributed by atoms with Crippen LogP contribution >= 0.6 is 0 Å². The fourth-order valence-corrected chi connectivity index (χ4v) is 2.88. The van der Waals surface area contributed by atoms with Crippen LogP contribution in [0.5, 0.6) is 0 Å². The predicted molar refractivity (Wildman–Crippen MR) is 120 cm³/mol. The smallest absolute Gasteiger partial charge is 0.248 e. The molecule has 6 nitrogen and oxygen atoms in total. The van der Waals surface area contributed by atoms with Gasteiger partial charge in [-0.3, -0.25) is 9.59 Å². The van der Waals surface area contributed by atoms with E-state index in [1.807, 2.05) is 69.7 Å². The molecule has 0 saturated carbocycles. The molecule has 0 fully saturated rings. The van der Waals surface area contributed by atoms with Gasteiger partial charge in [-0.15, -0.1) is 0 Å². The summed E-state index contributed by atoms with van der Waals surface area (Å²) in [4.78, 5) is 26.3. The zero-order valence-corrected chi connectivity index (χ0v) is 17.5. The zero-order valence-electron chi connectivity index (χ0n) is 17.5. The van der Waals surface area contributed by atoms with Crippen molar-refractivity contribution in [1.82, 2.24) is 10.2 Å². The highest BCUT2D eigenvalue weighted by atomic mass is 16.1. The van der Waals surface area contributed by atoms with Gasteiger partial charge in [0.2, 0.25) is 5.91 Å². The van der Waals surface area contributed by atoms with Crippen molar-refractivity contribution in [3.63, 3.8) is 0 Å². The lowest BCUT2D eigenvalue weighted by Crippen LogP contribution is -2.33. The Labute approximate surface area is 173 Å². The first-order chi connectivity index (χ1) is 13.9. The number of hydrogen-bond donors (Lipinski definition) is 3. The Morgan fingerprint density at radius 1 is 1.03 bits per heavy atom. The number of amides is 1. The second-order valence-corrected chi connectivity index (χ2v) is 7.09. The molecule has 1 atom stereocenters. The molecule has 2 rings (SSSR count). The zero-order chi connectivity index (χ0) is 21.2. The second kappa shape index (κ2) is 11.1.